The van der Waals surface area contributed by atoms with E-state index in [2.05, 4.69) is 63.2 Å². The summed E-state index contributed by atoms with van der Waals surface area (Å²) in [5, 5.41) is 3.52. The normalized spacial score (nSPS) is 15.0. The van der Waals surface area contributed by atoms with Crippen LogP contribution in [0.4, 0.5) is 0 Å². The molecule has 0 heterocycles. The van der Waals surface area contributed by atoms with E-state index in [1.807, 2.05) is 0 Å². The molecule has 0 radical (unpaired) electrons. The monoisotopic (exact) mass is 389 g/mol. The lowest BCUT2D eigenvalue weighted by Crippen LogP contribution is -2.15. The van der Waals surface area contributed by atoms with Crippen LogP contribution in [0.3, 0.4) is 0 Å². The molecule has 0 bridgehead atoms. The van der Waals surface area contributed by atoms with Gasteiger partial charge < -0.3 is 10.1 Å². The van der Waals surface area contributed by atoms with Crippen molar-refractivity contribution in [2.75, 3.05) is 6.61 Å². The Morgan fingerprint density at radius 1 is 1.26 bits per heavy atom. The minimum atomic E-state index is 0.666. The topological polar surface area (TPSA) is 21.3 Å². The number of halogens is 2. The van der Waals surface area contributed by atoms with Crippen molar-refractivity contribution in [2.45, 2.75) is 45.7 Å². The molecule has 1 aromatic carbocycles. The van der Waals surface area contributed by atoms with Gasteiger partial charge in [0.05, 0.1) is 15.6 Å². The Morgan fingerprint density at radius 2 is 1.89 bits per heavy atom. The molecule has 2 rings (SSSR count). The highest BCUT2D eigenvalue weighted by atomic mass is 79.9. The molecule has 1 N–H and O–H groups in total. The Labute approximate surface area is 132 Å². The highest BCUT2D eigenvalue weighted by Crippen LogP contribution is 2.35. The molecule has 1 aliphatic rings. The van der Waals surface area contributed by atoms with E-state index in [1.165, 1.54) is 18.4 Å². The Hall–Kier alpha value is -0.0600. The summed E-state index contributed by atoms with van der Waals surface area (Å²) in [6.07, 6.45) is 3.71. The first-order valence-corrected chi connectivity index (χ1v) is 8.49. The number of benzene rings is 1. The first-order chi connectivity index (χ1) is 9.06. The van der Waals surface area contributed by atoms with Crippen LogP contribution in [-0.4, -0.2) is 12.6 Å². The van der Waals surface area contributed by atoms with E-state index in [9.17, 15) is 0 Å². The lowest BCUT2D eigenvalue weighted by atomic mass is 10.1. The summed E-state index contributed by atoms with van der Waals surface area (Å²) in [5.74, 6) is 1.58. The highest BCUT2D eigenvalue weighted by molar-refractivity contribution is 9.11. The second kappa shape index (κ2) is 7.09. The molecule has 0 aliphatic heterocycles. The Bertz CT molecular complexity index is 407. The van der Waals surface area contributed by atoms with Crippen molar-refractivity contribution < 1.29 is 4.74 Å². The second-order valence-corrected chi connectivity index (χ2v) is 7.28. The van der Waals surface area contributed by atoms with Gasteiger partial charge in [0.25, 0.3) is 0 Å². The largest absolute Gasteiger partial charge is 0.491 e. The van der Waals surface area contributed by atoms with Crippen molar-refractivity contribution >= 4 is 31.9 Å². The zero-order chi connectivity index (χ0) is 13.8. The van der Waals surface area contributed by atoms with Crippen molar-refractivity contribution in [1.29, 1.82) is 0 Å². The third-order valence-electron chi connectivity index (χ3n) is 3.17. The molecule has 0 atom stereocenters. The number of nitrogens with one attached hydrogen (secondary N) is 1. The zero-order valence-corrected chi connectivity index (χ0v) is 14.7. The first kappa shape index (κ1) is 15.3. The Morgan fingerprint density at radius 3 is 2.42 bits per heavy atom. The van der Waals surface area contributed by atoms with Gasteiger partial charge in [-0.25, -0.2) is 0 Å². The number of hydrogen-bond acceptors (Lipinski definition) is 2. The first-order valence-electron chi connectivity index (χ1n) is 6.90. The van der Waals surface area contributed by atoms with Crippen LogP contribution in [0.2, 0.25) is 0 Å². The predicted octanol–water partition coefficient (Wildman–Crippen LogP) is 4.89. The molecular formula is C15H21Br2NO. The number of ether oxygens (including phenoxy) is 1. The molecule has 106 valence electrons. The summed E-state index contributed by atoms with van der Waals surface area (Å²) < 4.78 is 7.91. The smallest absolute Gasteiger partial charge is 0.147 e. The highest BCUT2D eigenvalue weighted by Gasteiger charge is 2.20. The fourth-order valence-electron chi connectivity index (χ4n) is 1.80. The SMILES string of the molecule is CC(C)CCOc1c(Br)cc(CNC2CC2)cc1Br. The van der Waals surface area contributed by atoms with Gasteiger partial charge in [0.15, 0.2) is 0 Å². The number of rotatable bonds is 7. The van der Waals surface area contributed by atoms with Gasteiger partial charge in [-0.05, 0) is 74.7 Å². The minimum Gasteiger partial charge on any atom is -0.491 e. The molecule has 1 aliphatic carbocycles. The van der Waals surface area contributed by atoms with Gasteiger partial charge in [-0.2, -0.15) is 0 Å². The third-order valence-corrected chi connectivity index (χ3v) is 4.35. The molecule has 0 aromatic heterocycles. The van der Waals surface area contributed by atoms with Crippen LogP contribution in [0.15, 0.2) is 21.1 Å². The van der Waals surface area contributed by atoms with Gasteiger partial charge in [0.1, 0.15) is 5.75 Å². The molecular weight excluding hydrogens is 370 g/mol. The zero-order valence-electron chi connectivity index (χ0n) is 11.5. The summed E-state index contributed by atoms with van der Waals surface area (Å²) in [7, 11) is 0. The molecule has 1 fully saturated rings. The Balaban J connectivity index is 1.94. The van der Waals surface area contributed by atoms with Gasteiger partial charge in [0, 0.05) is 12.6 Å². The fourth-order valence-corrected chi connectivity index (χ4v) is 3.31. The van der Waals surface area contributed by atoms with E-state index in [4.69, 9.17) is 4.74 Å². The average Bonchev–Trinajstić information content (AvgIpc) is 3.13. The van der Waals surface area contributed by atoms with Crippen LogP contribution in [0.1, 0.15) is 38.7 Å². The molecule has 0 spiro atoms. The molecule has 2 nitrogen and oxygen atoms in total. The standard InChI is InChI=1S/C15H21Br2NO/c1-10(2)5-6-19-15-13(16)7-11(8-14(15)17)9-18-12-3-4-12/h7-8,10,12,18H,3-6,9H2,1-2H3. The molecule has 1 saturated carbocycles. The molecule has 19 heavy (non-hydrogen) atoms. The number of hydrogen-bond donors (Lipinski definition) is 1. The minimum absolute atomic E-state index is 0.666. The lowest BCUT2D eigenvalue weighted by molar-refractivity contribution is 0.286. The summed E-state index contributed by atoms with van der Waals surface area (Å²) in [6, 6.07) is 5.02. The van der Waals surface area contributed by atoms with Crippen molar-refractivity contribution in [2.24, 2.45) is 5.92 Å². The fraction of sp³-hybridized carbons (Fsp3) is 0.600. The van der Waals surface area contributed by atoms with Crippen LogP contribution in [0, 0.1) is 5.92 Å². The predicted molar refractivity (Wildman–Crippen MR) is 86.7 cm³/mol. The average molecular weight is 391 g/mol. The summed E-state index contributed by atoms with van der Waals surface area (Å²) in [4.78, 5) is 0. The van der Waals surface area contributed by atoms with Crippen molar-refractivity contribution in [3.8, 4) is 5.75 Å². The van der Waals surface area contributed by atoms with E-state index in [1.54, 1.807) is 0 Å². The lowest BCUT2D eigenvalue weighted by Gasteiger charge is -2.13. The van der Waals surface area contributed by atoms with Gasteiger partial charge in [-0.15, -0.1) is 0 Å². The molecule has 0 saturated heterocycles. The van der Waals surface area contributed by atoms with Gasteiger partial charge in [0.2, 0.25) is 0 Å². The quantitative estimate of drug-likeness (QED) is 0.715. The summed E-state index contributed by atoms with van der Waals surface area (Å²) in [6.45, 7) is 6.10. The van der Waals surface area contributed by atoms with Crippen LogP contribution >= 0.6 is 31.9 Å². The van der Waals surface area contributed by atoms with Crippen molar-refractivity contribution in [3.05, 3.63) is 26.6 Å². The Kier molecular flexibility index (Phi) is 5.72. The second-order valence-electron chi connectivity index (χ2n) is 5.57. The van der Waals surface area contributed by atoms with Crippen LogP contribution in [0.5, 0.6) is 5.75 Å². The van der Waals surface area contributed by atoms with Crippen molar-refractivity contribution in [1.82, 2.24) is 5.32 Å². The van der Waals surface area contributed by atoms with Crippen LogP contribution < -0.4 is 10.1 Å². The summed E-state index contributed by atoms with van der Waals surface area (Å²) in [5.41, 5.74) is 1.28. The maximum Gasteiger partial charge on any atom is 0.147 e. The van der Waals surface area contributed by atoms with E-state index >= 15 is 0 Å². The van der Waals surface area contributed by atoms with E-state index in [0.717, 1.165) is 40.3 Å². The third kappa shape index (κ3) is 5.09. The van der Waals surface area contributed by atoms with Crippen molar-refractivity contribution in [3.63, 3.8) is 0 Å². The maximum atomic E-state index is 5.86. The van der Waals surface area contributed by atoms with Gasteiger partial charge >= 0.3 is 0 Å². The summed E-state index contributed by atoms with van der Waals surface area (Å²) >= 11 is 7.21. The van der Waals surface area contributed by atoms with Crippen LogP contribution in [0.25, 0.3) is 0 Å². The molecule has 0 unspecified atom stereocenters. The van der Waals surface area contributed by atoms with Gasteiger partial charge in [-0.1, -0.05) is 13.8 Å². The maximum absolute atomic E-state index is 5.86. The van der Waals surface area contributed by atoms with E-state index in [0.29, 0.717) is 5.92 Å². The van der Waals surface area contributed by atoms with Gasteiger partial charge in [-0.3, -0.25) is 0 Å². The molecule has 1 aromatic rings. The molecule has 4 heteroatoms. The van der Waals surface area contributed by atoms with E-state index in [-0.39, 0.29) is 0 Å². The molecule has 0 amide bonds. The van der Waals surface area contributed by atoms with Crippen LogP contribution in [-0.2, 0) is 6.54 Å². The van der Waals surface area contributed by atoms with E-state index < -0.39 is 0 Å².